The minimum absolute atomic E-state index is 0. The second-order valence-corrected chi connectivity index (χ2v) is 4.86. The predicted molar refractivity (Wildman–Crippen MR) is 88.8 cm³/mol. The third kappa shape index (κ3) is 5.12. The lowest BCUT2D eigenvalue weighted by Crippen LogP contribution is -2.12. The molecule has 5 heteroatoms. The molecule has 2 aromatic rings. The van der Waals surface area contributed by atoms with Crippen molar-refractivity contribution in [1.29, 1.82) is 0 Å². The van der Waals surface area contributed by atoms with Crippen LogP contribution >= 0.6 is 24.0 Å². The van der Waals surface area contributed by atoms with Crippen LogP contribution in [-0.4, -0.2) is 14.2 Å². The van der Waals surface area contributed by atoms with Crippen LogP contribution < -0.4 is 14.8 Å². The molecule has 0 heterocycles. The molecule has 0 aliphatic heterocycles. The maximum absolute atomic E-state index is 5.86. The summed E-state index contributed by atoms with van der Waals surface area (Å²) in [6, 6.07) is 13.7. The van der Waals surface area contributed by atoms with Gasteiger partial charge in [-0.15, -0.1) is 12.4 Å². The van der Waals surface area contributed by atoms with E-state index in [1.807, 2.05) is 42.5 Å². The number of halogens is 2. The molecule has 2 rings (SSSR count). The molecule has 0 aliphatic carbocycles. The largest absolute Gasteiger partial charge is 0.493 e. The van der Waals surface area contributed by atoms with E-state index in [1.165, 1.54) is 5.56 Å². The number of hydrogen-bond acceptors (Lipinski definition) is 3. The molecule has 0 spiro atoms. The van der Waals surface area contributed by atoms with Gasteiger partial charge in [-0.2, -0.15) is 0 Å². The van der Waals surface area contributed by atoms with E-state index in [0.717, 1.165) is 35.2 Å². The Kier molecular flexibility index (Phi) is 7.37. The summed E-state index contributed by atoms with van der Waals surface area (Å²) in [5, 5.41) is 4.14. The smallest absolute Gasteiger partial charge is 0.161 e. The summed E-state index contributed by atoms with van der Waals surface area (Å²) in [5.74, 6) is 1.49. The molecule has 1 N–H and O–H groups in total. The number of nitrogens with one attached hydrogen (secondary N) is 1. The second kappa shape index (κ2) is 8.78. The first kappa shape index (κ1) is 17.6. The molecule has 0 radical (unpaired) electrons. The third-order valence-electron chi connectivity index (χ3n) is 3.02. The zero-order valence-electron chi connectivity index (χ0n) is 12.1. The Morgan fingerprint density at radius 3 is 2.05 bits per heavy atom. The van der Waals surface area contributed by atoms with Gasteiger partial charge in [0.15, 0.2) is 11.5 Å². The second-order valence-electron chi connectivity index (χ2n) is 4.42. The molecule has 0 fully saturated rings. The van der Waals surface area contributed by atoms with Crippen molar-refractivity contribution in [1.82, 2.24) is 5.32 Å². The molecule has 3 nitrogen and oxygen atoms in total. The summed E-state index contributed by atoms with van der Waals surface area (Å²) >= 11 is 5.86. The Morgan fingerprint density at radius 2 is 1.43 bits per heavy atom. The fourth-order valence-corrected chi connectivity index (χ4v) is 2.07. The van der Waals surface area contributed by atoms with E-state index >= 15 is 0 Å². The average Bonchev–Trinajstić information content (AvgIpc) is 2.49. The van der Waals surface area contributed by atoms with Crippen LogP contribution in [0.15, 0.2) is 42.5 Å². The molecule has 2 aromatic carbocycles. The van der Waals surface area contributed by atoms with Gasteiger partial charge in [-0.25, -0.2) is 0 Å². The summed E-state index contributed by atoms with van der Waals surface area (Å²) in [6.07, 6.45) is 0. The van der Waals surface area contributed by atoms with Gasteiger partial charge >= 0.3 is 0 Å². The SMILES string of the molecule is COc1ccc(CNCc2ccc(Cl)cc2)cc1OC.Cl. The van der Waals surface area contributed by atoms with Crippen molar-refractivity contribution in [2.24, 2.45) is 0 Å². The highest BCUT2D eigenvalue weighted by atomic mass is 35.5. The van der Waals surface area contributed by atoms with E-state index in [4.69, 9.17) is 21.1 Å². The molecule has 0 aromatic heterocycles. The van der Waals surface area contributed by atoms with Gasteiger partial charge in [-0.3, -0.25) is 0 Å². The van der Waals surface area contributed by atoms with Crippen LogP contribution in [0, 0.1) is 0 Å². The van der Waals surface area contributed by atoms with Gasteiger partial charge in [-0.1, -0.05) is 29.8 Å². The Hall–Kier alpha value is -1.42. The highest BCUT2D eigenvalue weighted by Gasteiger charge is 2.04. The van der Waals surface area contributed by atoms with E-state index in [-0.39, 0.29) is 12.4 Å². The zero-order valence-corrected chi connectivity index (χ0v) is 13.6. The number of hydrogen-bond donors (Lipinski definition) is 1. The van der Waals surface area contributed by atoms with E-state index in [2.05, 4.69) is 5.32 Å². The van der Waals surface area contributed by atoms with Crippen LogP contribution in [0.1, 0.15) is 11.1 Å². The third-order valence-corrected chi connectivity index (χ3v) is 3.27. The van der Waals surface area contributed by atoms with Crippen molar-refractivity contribution in [2.75, 3.05) is 14.2 Å². The van der Waals surface area contributed by atoms with Gasteiger partial charge in [0.25, 0.3) is 0 Å². The van der Waals surface area contributed by atoms with Crippen molar-refractivity contribution in [3.63, 3.8) is 0 Å². The van der Waals surface area contributed by atoms with Crippen molar-refractivity contribution in [3.05, 3.63) is 58.6 Å². The average molecular weight is 328 g/mol. The molecular weight excluding hydrogens is 309 g/mol. The fraction of sp³-hybridized carbons (Fsp3) is 0.250. The Morgan fingerprint density at radius 1 is 0.857 bits per heavy atom. The van der Waals surface area contributed by atoms with Crippen LogP contribution in [0.25, 0.3) is 0 Å². The highest BCUT2D eigenvalue weighted by molar-refractivity contribution is 6.30. The van der Waals surface area contributed by atoms with Gasteiger partial charge in [0, 0.05) is 18.1 Å². The van der Waals surface area contributed by atoms with Gasteiger partial charge in [0.1, 0.15) is 0 Å². The standard InChI is InChI=1S/C16H18ClNO2.ClH/c1-19-15-8-5-13(9-16(15)20-2)11-18-10-12-3-6-14(17)7-4-12;/h3-9,18H,10-11H2,1-2H3;1H. The summed E-state index contributed by atoms with van der Waals surface area (Å²) in [7, 11) is 3.28. The van der Waals surface area contributed by atoms with Crippen LogP contribution in [0.2, 0.25) is 5.02 Å². The monoisotopic (exact) mass is 327 g/mol. The summed E-state index contributed by atoms with van der Waals surface area (Å²) in [6.45, 7) is 1.56. The lowest BCUT2D eigenvalue weighted by Gasteiger charge is -2.10. The highest BCUT2D eigenvalue weighted by Crippen LogP contribution is 2.27. The maximum Gasteiger partial charge on any atom is 0.161 e. The molecule has 0 bridgehead atoms. The normalized spacial score (nSPS) is 9.86. The van der Waals surface area contributed by atoms with Gasteiger partial charge in [-0.05, 0) is 35.4 Å². The predicted octanol–water partition coefficient (Wildman–Crippen LogP) is 4.07. The maximum atomic E-state index is 5.86. The Balaban J connectivity index is 0.00000220. The number of ether oxygens (including phenoxy) is 2. The van der Waals surface area contributed by atoms with Crippen molar-refractivity contribution >= 4 is 24.0 Å². The lowest BCUT2D eigenvalue weighted by atomic mass is 10.2. The molecule has 0 amide bonds. The number of benzene rings is 2. The summed E-state index contributed by atoms with van der Waals surface area (Å²) in [4.78, 5) is 0. The summed E-state index contributed by atoms with van der Waals surface area (Å²) in [5.41, 5.74) is 2.35. The van der Waals surface area contributed by atoms with Crippen LogP contribution in [-0.2, 0) is 13.1 Å². The molecule has 0 aliphatic rings. The zero-order chi connectivity index (χ0) is 14.4. The fourth-order valence-electron chi connectivity index (χ4n) is 1.94. The first-order chi connectivity index (χ1) is 9.72. The Bertz CT molecular complexity index is 559. The number of rotatable bonds is 6. The quantitative estimate of drug-likeness (QED) is 0.867. The molecule has 0 saturated heterocycles. The molecule has 0 atom stereocenters. The molecule has 0 unspecified atom stereocenters. The van der Waals surface area contributed by atoms with E-state index in [0.29, 0.717) is 0 Å². The van der Waals surface area contributed by atoms with E-state index in [1.54, 1.807) is 14.2 Å². The van der Waals surface area contributed by atoms with Gasteiger partial charge < -0.3 is 14.8 Å². The molecule has 21 heavy (non-hydrogen) atoms. The van der Waals surface area contributed by atoms with Gasteiger partial charge in [0.05, 0.1) is 14.2 Å². The summed E-state index contributed by atoms with van der Waals surface area (Å²) < 4.78 is 10.5. The molecular formula is C16H19Cl2NO2. The minimum Gasteiger partial charge on any atom is -0.493 e. The van der Waals surface area contributed by atoms with Crippen LogP contribution in [0.5, 0.6) is 11.5 Å². The molecule has 0 saturated carbocycles. The van der Waals surface area contributed by atoms with Crippen molar-refractivity contribution in [2.45, 2.75) is 13.1 Å². The van der Waals surface area contributed by atoms with Crippen LogP contribution in [0.3, 0.4) is 0 Å². The number of methoxy groups -OCH3 is 2. The van der Waals surface area contributed by atoms with E-state index in [9.17, 15) is 0 Å². The minimum atomic E-state index is 0. The Labute approximate surface area is 136 Å². The van der Waals surface area contributed by atoms with Crippen LogP contribution in [0.4, 0.5) is 0 Å². The van der Waals surface area contributed by atoms with Crippen molar-refractivity contribution < 1.29 is 9.47 Å². The molecule has 114 valence electrons. The first-order valence-electron chi connectivity index (χ1n) is 6.39. The topological polar surface area (TPSA) is 30.5 Å². The lowest BCUT2D eigenvalue weighted by molar-refractivity contribution is 0.354. The van der Waals surface area contributed by atoms with E-state index < -0.39 is 0 Å². The van der Waals surface area contributed by atoms with Crippen molar-refractivity contribution in [3.8, 4) is 11.5 Å². The first-order valence-corrected chi connectivity index (χ1v) is 6.77. The van der Waals surface area contributed by atoms with Gasteiger partial charge in [0.2, 0.25) is 0 Å².